The van der Waals surface area contributed by atoms with Gasteiger partial charge in [-0.1, -0.05) is 17.7 Å². The summed E-state index contributed by atoms with van der Waals surface area (Å²) in [5.41, 5.74) is 1.90. The number of nitrogens with one attached hydrogen (secondary N) is 2. The van der Waals surface area contributed by atoms with Crippen molar-refractivity contribution in [2.24, 2.45) is 0 Å². The van der Waals surface area contributed by atoms with Crippen LogP contribution in [0.25, 0.3) is 0 Å². The fourth-order valence-corrected chi connectivity index (χ4v) is 4.11. The van der Waals surface area contributed by atoms with Gasteiger partial charge in [-0.25, -0.2) is 8.42 Å². The van der Waals surface area contributed by atoms with Gasteiger partial charge >= 0.3 is 0 Å². The predicted molar refractivity (Wildman–Crippen MR) is 113 cm³/mol. The second-order valence-electron chi connectivity index (χ2n) is 7.06. The van der Waals surface area contributed by atoms with Crippen LogP contribution in [-0.4, -0.2) is 58.6 Å². The van der Waals surface area contributed by atoms with Gasteiger partial charge in [0, 0.05) is 30.9 Å². The third kappa shape index (κ3) is 6.28. The van der Waals surface area contributed by atoms with Crippen molar-refractivity contribution in [2.45, 2.75) is 18.2 Å². The molecule has 1 fully saturated rings. The largest absolute Gasteiger partial charge is 0.379 e. The number of carbonyl (C=O) groups excluding carboxylic acids is 1. The van der Waals surface area contributed by atoms with Gasteiger partial charge in [0.1, 0.15) is 0 Å². The minimum absolute atomic E-state index is 0.167. The number of hydrogen-bond acceptors (Lipinski definition) is 5. The Morgan fingerprint density at radius 2 is 1.69 bits per heavy atom. The zero-order valence-electron chi connectivity index (χ0n) is 16.6. The van der Waals surface area contributed by atoms with E-state index in [0.29, 0.717) is 17.8 Å². The van der Waals surface area contributed by atoms with E-state index in [-0.39, 0.29) is 10.8 Å². The summed E-state index contributed by atoms with van der Waals surface area (Å²) in [5.74, 6) is -0.167. The zero-order chi connectivity index (χ0) is 20.7. The van der Waals surface area contributed by atoms with Gasteiger partial charge in [-0.15, -0.1) is 0 Å². The van der Waals surface area contributed by atoms with E-state index in [0.717, 1.165) is 44.8 Å². The van der Waals surface area contributed by atoms with Crippen molar-refractivity contribution in [1.29, 1.82) is 0 Å². The zero-order valence-corrected chi connectivity index (χ0v) is 17.4. The lowest BCUT2D eigenvalue weighted by atomic mass is 10.2. The fraction of sp³-hybridized carbons (Fsp3) is 0.381. The van der Waals surface area contributed by atoms with E-state index in [1.807, 2.05) is 6.92 Å². The predicted octanol–water partition coefficient (Wildman–Crippen LogP) is 2.25. The van der Waals surface area contributed by atoms with E-state index in [1.165, 1.54) is 0 Å². The lowest BCUT2D eigenvalue weighted by Crippen LogP contribution is -2.38. The van der Waals surface area contributed by atoms with Crippen molar-refractivity contribution in [2.75, 3.05) is 44.1 Å². The molecule has 0 aromatic heterocycles. The molecule has 0 bridgehead atoms. The molecule has 2 aromatic rings. The van der Waals surface area contributed by atoms with Crippen molar-refractivity contribution in [3.05, 3.63) is 59.7 Å². The Bertz CT molecular complexity index is 906. The van der Waals surface area contributed by atoms with Crippen molar-refractivity contribution < 1.29 is 17.9 Å². The van der Waals surface area contributed by atoms with Gasteiger partial charge in [-0.3, -0.25) is 14.4 Å². The number of nitrogens with zero attached hydrogens (tertiary/aromatic N) is 1. The van der Waals surface area contributed by atoms with Gasteiger partial charge < -0.3 is 10.1 Å². The first-order valence-electron chi connectivity index (χ1n) is 9.72. The fourth-order valence-electron chi connectivity index (χ4n) is 3.05. The molecule has 0 aliphatic carbocycles. The molecule has 8 heteroatoms. The third-order valence-corrected chi connectivity index (χ3v) is 6.17. The summed E-state index contributed by atoms with van der Waals surface area (Å²) in [5, 5.41) is 2.90. The summed E-state index contributed by atoms with van der Waals surface area (Å²) >= 11 is 0. The Hall–Kier alpha value is -2.42. The van der Waals surface area contributed by atoms with Crippen LogP contribution in [0.5, 0.6) is 0 Å². The van der Waals surface area contributed by atoms with Crippen LogP contribution < -0.4 is 10.0 Å². The Morgan fingerprint density at radius 3 is 2.34 bits per heavy atom. The number of ether oxygens (including phenoxy) is 1. The monoisotopic (exact) mass is 417 g/mol. The van der Waals surface area contributed by atoms with Gasteiger partial charge in [0.15, 0.2) is 0 Å². The Balaban J connectivity index is 1.48. The Labute approximate surface area is 172 Å². The van der Waals surface area contributed by atoms with Crippen LogP contribution >= 0.6 is 0 Å². The molecule has 2 N–H and O–H groups in total. The number of rotatable bonds is 8. The topological polar surface area (TPSA) is 87.7 Å². The number of benzene rings is 2. The molecule has 2 aromatic carbocycles. The van der Waals surface area contributed by atoms with Gasteiger partial charge in [0.25, 0.3) is 15.9 Å². The molecule has 0 spiro atoms. The molecule has 3 rings (SSSR count). The number of aryl methyl sites for hydroxylation is 1. The number of carbonyl (C=O) groups is 1. The number of sulfonamides is 1. The summed E-state index contributed by atoms with van der Waals surface area (Å²) in [6.45, 7) is 6.85. The van der Waals surface area contributed by atoms with Crippen molar-refractivity contribution in [3.8, 4) is 0 Å². The molecular weight excluding hydrogens is 390 g/mol. The lowest BCUT2D eigenvalue weighted by Gasteiger charge is -2.26. The highest BCUT2D eigenvalue weighted by molar-refractivity contribution is 7.92. The standard InChI is InChI=1S/C21H27N3O4S/c1-17-3-9-20(10-4-17)29(26,27)23-19-7-5-18(6-8-19)21(25)22-11-2-12-24-13-15-28-16-14-24/h3-10,23H,2,11-16H2,1H3,(H,22,25). The van der Waals surface area contributed by atoms with Crippen molar-refractivity contribution in [3.63, 3.8) is 0 Å². The Kier molecular flexibility index (Phi) is 7.24. The van der Waals surface area contributed by atoms with E-state index < -0.39 is 10.0 Å². The molecule has 0 saturated carbocycles. The maximum absolute atomic E-state index is 12.4. The normalized spacial score (nSPS) is 15.1. The third-order valence-electron chi connectivity index (χ3n) is 4.77. The summed E-state index contributed by atoms with van der Waals surface area (Å²) in [6.07, 6.45) is 0.875. The van der Waals surface area contributed by atoms with Crippen LogP contribution in [0.2, 0.25) is 0 Å². The molecular formula is C21H27N3O4S. The van der Waals surface area contributed by atoms with Crippen LogP contribution in [0, 0.1) is 6.92 Å². The lowest BCUT2D eigenvalue weighted by molar-refractivity contribution is 0.0374. The minimum Gasteiger partial charge on any atom is -0.379 e. The molecule has 1 aliphatic heterocycles. The van der Waals surface area contributed by atoms with E-state index in [2.05, 4.69) is 14.9 Å². The van der Waals surface area contributed by atoms with Gasteiger partial charge in [-0.2, -0.15) is 0 Å². The van der Waals surface area contributed by atoms with Crippen LogP contribution in [0.4, 0.5) is 5.69 Å². The molecule has 0 atom stereocenters. The molecule has 1 heterocycles. The molecule has 1 saturated heterocycles. The summed E-state index contributed by atoms with van der Waals surface area (Å²) < 4.78 is 32.7. The number of amides is 1. The van der Waals surface area contributed by atoms with E-state index in [9.17, 15) is 13.2 Å². The number of morpholine rings is 1. The average Bonchev–Trinajstić information content (AvgIpc) is 2.72. The summed E-state index contributed by atoms with van der Waals surface area (Å²) in [7, 11) is -3.66. The van der Waals surface area contributed by atoms with Crippen molar-refractivity contribution in [1.82, 2.24) is 10.2 Å². The van der Waals surface area contributed by atoms with E-state index >= 15 is 0 Å². The summed E-state index contributed by atoms with van der Waals surface area (Å²) in [4.78, 5) is 14.8. The summed E-state index contributed by atoms with van der Waals surface area (Å²) in [6, 6.07) is 13.0. The first kappa shape index (κ1) is 21.3. The van der Waals surface area contributed by atoms with Crippen LogP contribution in [-0.2, 0) is 14.8 Å². The maximum Gasteiger partial charge on any atom is 0.261 e. The smallest absolute Gasteiger partial charge is 0.261 e. The minimum atomic E-state index is -3.66. The van der Waals surface area contributed by atoms with Crippen LogP contribution in [0.3, 0.4) is 0 Å². The second kappa shape index (κ2) is 9.87. The van der Waals surface area contributed by atoms with E-state index in [1.54, 1.807) is 48.5 Å². The molecule has 156 valence electrons. The molecule has 7 nitrogen and oxygen atoms in total. The van der Waals surface area contributed by atoms with Gasteiger partial charge in [-0.05, 0) is 56.3 Å². The van der Waals surface area contributed by atoms with Crippen molar-refractivity contribution >= 4 is 21.6 Å². The molecule has 29 heavy (non-hydrogen) atoms. The molecule has 1 aliphatic rings. The van der Waals surface area contributed by atoms with Gasteiger partial charge in [0.2, 0.25) is 0 Å². The Morgan fingerprint density at radius 1 is 1.03 bits per heavy atom. The molecule has 0 unspecified atom stereocenters. The number of hydrogen-bond donors (Lipinski definition) is 2. The quantitative estimate of drug-likeness (QED) is 0.643. The SMILES string of the molecule is Cc1ccc(S(=O)(=O)Nc2ccc(C(=O)NCCCN3CCOCC3)cc2)cc1. The maximum atomic E-state index is 12.4. The highest BCUT2D eigenvalue weighted by Crippen LogP contribution is 2.17. The second-order valence-corrected chi connectivity index (χ2v) is 8.74. The first-order valence-corrected chi connectivity index (χ1v) is 11.2. The van der Waals surface area contributed by atoms with Crippen LogP contribution in [0.15, 0.2) is 53.4 Å². The first-order chi connectivity index (χ1) is 13.9. The van der Waals surface area contributed by atoms with Crippen LogP contribution in [0.1, 0.15) is 22.3 Å². The highest BCUT2D eigenvalue weighted by atomic mass is 32.2. The highest BCUT2D eigenvalue weighted by Gasteiger charge is 2.14. The molecule has 1 amide bonds. The van der Waals surface area contributed by atoms with E-state index in [4.69, 9.17) is 4.74 Å². The molecule has 0 radical (unpaired) electrons. The van der Waals surface area contributed by atoms with Gasteiger partial charge in [0.05, 0.1) is 18.1 Å². The number of anilines is 1. The average molecular weight is 418 g/mol.